The van der Waals surface area contributed by atoms with E-state index >= 15 is 0 Å². The van der Waals surface area contributed by atoms with Crippen LogP contribution < -0.4 is 5.73 Å². The Bertz CT molecular complexity index is 381. The monoisotopic (exact) mass is 264 g/mol. The summed E-state index contributed by atoms with van der Waals surface area (Å²) in [5.74, 6) is 0.293. The number of carbonyl (C=O) groups excluding carboxylic acids is 1. The van der Waals surface area contributed by atoms with E-state index in [9.17, 15) is 4.79 Å². The van der Waals surface area contributed by atoms with Gasteiger partial charge in [-0.2, -0.15) is 5.26 Å². The highest BCUT2D eigenvalue weighted by Crippen LogP contribution is 2.31. The van der Waals surface area contributed by atoms with Gasteiger partial charge in [0, 0.05) is 25.6 Å². The number of nitrogens with two attached hydrogens (primary N) is 1. The number of likely N-dealkylation sites (N-methyl/N-ethyl adjacent to an activating group) is 2. The zero-order valence-electron chi connectivity index (χ0n) is 11.9. The van der Waals surface area contributed by atoms with Crippen LogP contribution >= 0.6 is 0 Å². The number of amides is 1. The lowest BCUT2D eigenvalue weighted by atomic mass is 9.77. The molecule has 1 aliphatic heterocycles. The summed E-state index contributed by atoms with van der Waals surface area (Å²) in [6.45, 7) is 2.03. The Morgan fingerprint density at radius 1 is 1.42 bits per heavy atom. The van der Waals surface area contributed by atoms with E-state index in [-0.39, 0.29) is 11.8 Å². The fourth-order valence-electron chi connectivity index (χ4n) is 3.19. The molecule has 1 saturated carbocycles. The third-order valence-electron chi connectivity index (χ3n) is 4.71. The minimum absolute atomic E-state index is 0.0564. The number of likely N-dealkylation sites (tertiary alicyclic amines) is 1. The van der Waals surface area contributed by atoms with E-state index in [1.807, 2.05) is 11.9 Å². The van der Waals surface area contributed by atoms with E-state index in [0.717, 1.165) is 32.4 Å². The van der Waals surface area contributed by atoms with Crippen LogP contribution in [0, 0.1) is 17.2 Å². The molecule has 0 radical (unpaired) electrons. The highest BCUT2D eigenvalue weighted by molar-refractivity contribution is 5.79. The molecular weight excluding hydrogens is 240 g/mol. The zero-order chi connectivity index (χ0) is 14.0. The average Bonchev–Trinajstić information content (AvgIpc) is 2.85. The molecule has 0 aromatic carbocycles. The molecule has 2 rings (SSSR count). The minimum atomic E-state index is -0.705. The highest BCUT2D eigenvalue weighted by atomic mass is 16.2. The Balaban J connectivity index is 1.89. The second-order valence-corrected chi connectivity index (χ2v) is 6.20. The topological polar surface area (TPSA) is 73.4 Å². The first-order chi connectivity index (χ1) is 8.95. The Hall–Kier alpha value is -1.12. The van der Waals surface area contributed by atoms with Crippen LogP contribution in [0.1, 0.15) is 32.1 Å². The van der Waals surface area contributed by atoms with Crippen LogP contribution in [0.3, 0.4) is 0 Å². The molecule has 1 atom stereocenters. The first-order valence-corrected chi connectivity index (χ1v) is 7.10. The van der Waals surface area contributed by atoms with Crippen molar-refractivity contribution >= 4 is 5.91 Å². The molecule has 106 valence electrons. The zero-order valence-corrected chi connectivity index (χ0v) is 11.9. The minimum Gasteiger partial charge on any atom is -0.341 e. The molecule has 0 bridgehead atoms. The quantitative estimate of drug-likeness (QED) is 0.791. The summed E-state index contributed by atoms with van der Waals surface area (Å²) in [6.07, 6.45) is 3.83. The number of nitrogens with zero attached hydrogens (tertiary/aromatic N) is 3. The van der Waals surface area contributed by atoms with Crippen LogP contribution in [0.2, 0.25) is 0 Å². The Morgan fingerprint density at radius 3 is 2.53 bits per heavy atom. The average molecular weight is 264 g/mol. The fraction of sp³-hybridized carbons (Fsp3) is 0.857. The summed E-state index contributed by atoms with van der Waals surface area (Å²) in [5.41, 5.74) is 5.24. The predicted octanol–water partition coefficient (Wildman–Crippen LogP) is 0.560. The molecule has 5 heteroatoms. The lowest BCUT2D eigenvalue weighted by Gasteiger charge is -2.34. The molecule has 0 aromatic rings. The van der Waals surface area contributed by atoms with Crippen LogP contribution in [-0.2, 0) is 4.79 Å². The molecule has 0 aromatic heterocycles. The Labute approximate surface area is 115 Å². The van der Waals surface area contributed by atoms with Crippen molar-refractivity contribution in [3.05, 3.63) is 0 Å². The molecule has 2 aliphatic rings. The molecule has 2 N–H and O–H groups in total. The Kier molecular flexibility index (Phi) is 4.12. The van der Waals surface area contributed by atoms with Gasteiger partial charge in [-0.1, -0.05) is 0 Å². The van der Waals surface area contributed by atoms with Gasteiger partial charge in [-0.15, -0.1) is 0 Å². The smallest absolute Gasteiger partial charge is 0.225 e. The molecular formula is C14H24N4O. The van der Waals surface area contributed by atoms with Gasteiger partial charge in [-0.25, -0.2) is 0 Å². The molecule has 0 spiro atoms. The van der Waals surface area contributed by atoms with Gasteiger partial charge in [0.1, 0.15) is 5.54 Å². The second-order valence-electron chi connectivity index (χ2n) is 6.20. The normalized spacial score (nSPS) is 35.9. The van der Waals surface area contributed by atoms with Crippen molar-refractivity contribution in [1.82, 2.24) is 9.80 Å². The maximum absolute atomic E-state index is 12.5. The van der Waals surface area contributed by atoms with Gasteiger partial charge in [0.05, 0.1) is 6.07 Å². The van der Waals surface area contributed by atoms with Gasteiger partial charge in [-0.05, 0) is 45.7 Å². The van der Waals surface area contributed by atoms with Crippen molar-refractivity contribution in [1.29, 1.82) is 5.26 Å². The van der Waals surface area contributed by atoms with Crippen LogP contribution in [0.4, 0.5) is 0 Å². The fourth-order valence-corrected chi connectivity index (χ4v) is 3.19. The third-order valence-corrected chi connectivity index (χ3v) is 4.71. The first-order valence-electron chi connectivity index (χ1n) is 7.10. The number of hydrogen-bond donors (Lipinski definition) is 1. The highest BCUT2D eigenvalue weighted by Gasteiger charge is 2.37. The second kappa shape index (κ2) is 5.48. The lowest BCUT2D eigenvalue weighted by molar-refractivity contribution is -0.137. The van der Waals surface area contributed by atoms with Gasteiger partial charge in [0.25, 0.3) is 0 Å². The maximum Gasteiger partial charge on any atom is 0.225 e. The molecule has 5 nitrogen and oxygen atoms in total. The predicted molar refractivity (Wildman–Crippen MR) is 73.2 cm³/mol. The number of nitriles is 1. The van der Waals surface area contributed by atoms with E-state index in [2.05, 4.69) is 18.0 Å². The van der Waals surface area contributed by atoms with E-state index in [1.54, 1.807) is 0 Å². The van der Waals surface area contributed by atoms with Crippen molar-refractivity contribution in [2.75, 3.05) is 27.2 Å². The van der Waals surface area contributed by atoms with Gasteiger partial charge < -0.3 is 15.5 Å². The molecule has 1 amide bonds. The van der Waals surface area contributed by atoms with E-state index in [0.29, 0.717) is 18.9 Å². The lowest BCUT2D eigenvalue weighted by Crippen LogP contribution is -2.47. The Morgan fingerprint density at radius 2 is 2.05 bits per heavy atom. The summed E-state index contributed by atoms with van der Waals surface area (Å²) in [4.78, 5) is 16.7. The van der Waals surface area contributed by atoms with Gasteiger partial charge >= 0.3 is 0 Å². The number of rotatable bonds is 2. The molecule has 1 unspecified atom stereocenters. The summed E-state index contributed by atoms with van der Waals surface area (Å²) in [7, 11) is 4.01. The first kappa shape index (κ1) is 14.3. The number of carbonyl (C=O) groups is 1. The SMILES string of the molecule is CN1CCC(N(C)C(=O)C2CCC(N)(C#N)CC2)C1. The van der Waals surface area contributed by atoms with Crippen LogP contribution in [0.5, 0.6) is 0 Å². The standard InChI is InChI=1S/C14H24N4O/c1-17-8-5-12(9-17)18(2)13(19)11-3-6-14(16,10-15)7-4-11/h11-12H,3-9,16H2,1-2H3. The largest absolute Gasteiger partial charge is 0.341 e. The summed E-state index contributed by atoms with van der Waals surface area (Å²) in [5, 5.41) is 9.01. The molecule has 1 aliphatic carbocycles. The van der Waals surface area contributed by atoms with Crippen LogP contribution in [0.15, 0.2) is 0 Å². The van der Waals surface area contributed by atoms with Crippen molar-refractivity contribution in [3.8, 4) is 6.07 Å². The van der Waals surface area contributed by atoms with E-state index in [4.69, 9.17) is 11.0 Å². The van der Waals surface area contributed by atoms with Crippen molar-refractivity contribution in [2.45, 2.75) is 43.7 Å². The van der Waals surface area contributed by atoms with E-state index < -0.39 is 5.54 Å². The van der Waals surface area contributed by atoms with Gasteiger partial charge in [0.15, 0.2) is 0 Å². The molecule has 19 heavy (non-hydrogen) atoms. The van der Waals surface area contributed by atoms with Crippen molar-refractivity contribution < 1.29 is 4.79 Å². The summed E-state index contributed by atoms with van der Waals surface area (Å²) in [6, 6.07) is 2.52. The summed E-state index contributed by atoms with van der Waals surface area (Å²) < 4.78 is 0. The molecule has 1 saturated heterocycles. The number of hydrogen-bond acceptors (Lipinski definition) is 4. The van der Waals surface area contributed by atoms with Gasteiger partial charge in [0.2, 0.25) is 5.91 Å². The molecule has 1 heterocycles. The van der Waals surface area contributed by atoms with Crippen molar-refractivity contribution in [3.63, 3.8) is 0 Å². The van der Waals surface area contributed by atoms with Crippen LogP contribution in [-0.4, -0.2) is 54.5 Å². The van der Waals surface area contributed by atoms with Crippen LogP contribution in [0.25, 0.3) is 0 Å². The van der Waals surface area contributed by atoms with Gasteiger partial charge in [-0.3, -0.25) is 4.79 Å². The molecule has 2 fully saturated rings. The van der Waals surface area contributed by atoms with Crippen molar-refractivity contribution in [2.24, 2.45) is 11.7 Å². The summed E-state index contributed by atoms with van der Waals surface area (Å²) >= 11 is 0. The maximum atomic E-state index is 12.5. The van der Waals surface area contributed by atoms with E-state index in [1.165, 1.54) is 0 Å². The third kappa shape index (κ3) is 3.07.